The second kappa shape index (κ2) is 5.50. The van der Waals surface area contributed by atoms with Crippen molar-refractivity contribution >= 4 is 40.0 Å². The Bertz CT molecular complexity index is 397. The fourth-order valence-electron chi connectivity index (χ4n) is 2.30. The topological polar surface area (TPSA) is 17.1 Å². The zero-order valence-corrected chi connectivity index (χ0v) is 11.9. The molecule has 0 radical (unpaired) electrons. The highest BCUT2D eigenvalue weighted by Crippen LogP contribution is 2.29. The largest absolute Gasteiger partial charge is 0.294 e. The Hall–Kier alpha value is -0.0900. The lowest BCUT2D eigenvalue weighted by molar-refractivity contribution is 0.0961. The predicted molar refractivity (Wildman–Crippen MR) is 75.1 cm³/mol. The Morgan fingerprint density at radius 3 is 2.75 bits per heavy atom. The van der Waals surface area contributed by atoms with Crippen molar-refractivity contribution in [2.45, 2.75) is 32.1 Å². The van der Waals surface area contributed by atoms with Crippen LogP contribution in [0.5, 0.6) is 0 Å². The molecule has 0 N–H and O–H groups in total. The van der Waals surface area contributed by atoms with E-state index in [4.69, 9.17) is 11.6 Å². The maximum atomic E-state index is 12.1. The van der Waals surface area contributed by atoms with Gasteiger partial charge in [-0.05, 0) is 46.7 Å². The molecular formula is C13H14ClIO. The van der Waals surface area contributed by atoms with Crippen molar-refractivity contribution in [3.63, 3.8) is 0 Å². The van der Waals surface area contributed by atoms with Crippen molar-refractivity contribution in [3.05, 3.63) is 32.4 Å². The Morgan fingerprint density at radius 2 is 2.06 bits per heavy atom. The van der Waals surface area contributed by atoms with Gasteiger partial charge in [-0.15, -0.1) is 0 Å². The van der Waals surface area contributed by atoms with Gasteiger partial charge in [0.1, 0.15) is 0 Å². The molecule has 1 aliphatic rings. The van der Waals surface area contributed by atoms with Crippen molar-refractivity contribution in [1.82, 2.24) is 0 Å². The van der Waals surface area contributed by atoms with Crippen LogP contribution in [0.15, 0.2) is 18.2 Å². The highest BCUT2D eigenvalue weighted by atomic mass is 127. The smallest absolute Gasteiger partial charge is 0.164 e. The first kappa shape index (κ1) is 12.4. The van der Waals surface area contributed by atoms with Crippen LogP contribution in [0.25, 0.3) is 0 Å². The molecular weight excluding hydrogens is 334 g/mol. The molecule has 0 heterocycles. The Balaban J connectivity index is 2.10. The minimum atomic E-state index is 0.249. The number of ketones is 1. The molecule has 1 saturated carbocycles. The van der Waals surface area contributed by atoms with Crippen LogP contribution in [0.3, 0.4) is 0 Å². The fraction of sp³-hybridized carbons (Fsp3) is 0.462. The van der Waals surface area contributed by atoms with Crippen molar-refractivity contribution in [1.29, 1.82) is 0 Å². The summed E-state index contributed by atoms with van der Waals surface area (Å²) in [4.78, 5) is 12.1. The Kier molecular flexibility index (Phi) is 4.25. The molecule has 0 spiro atoms. The SMILES string of the molecule is O=C(CC1CCCC1)c1cc(Cl)ccc1I. The van der Waals surface area contributed by atoms with E-state index in [1.165, 1.54) is 25.7 Å². The number of hydrogen-bond donors (Lipinski definition) is 0. The van der Waals surface area contributed by atoms with E-state index in [2.05, 4.69) is 22.6 Å². The summed E-state index contributed by atoms with van der Waals surface area (Å²) in [6.45, 7) is 0. The zero-order valence-electron chi connectivity index (χ0n) is 9.01. The van der Waals surface area contributed by atoms with Gasteiger partial charge in [-0.25, -0.2) is 0 Å². The summed E-state index contributed by atoms with van der Waals surface area (Å²) in [7, 11) is 0. The fourth-order valence-corrected chi connectivity index (χ4v) is 3.11. The highest BCUT2D eigenvalue weighted by molar-refractivity contribution is 14.1. The van der Waals surface area contributed by atoms with Crippen molar-refractivity contribution in [2.75, 3.05) is 0 Å². The molecule has 2 rings (SSSR count). The van der Waals surface area contributed by atoms with E-state index in [9.17, 15) is 4.79 Å². The summed E-state index contributed by atoms with van der Waals surface area (Å²) in [5.74, 6) is 0.848. The summed E-state index contributed by atoms with van der Waals surface area (Å²) in [5, 5.41) is 0.648. The van der Waals surface area contributed by atoms with E-state index in [-0.39, 0.29) is 5.78 Å². The molecule has 1 aliphatic carbocycles. The summed E-state index contributed by atoms with van der Waals surface area (Å²) in [5.41, 5.74) is 0.792. The van der Waals surface area contributed by atoms with Gasteiger partial charge in [0.15, 0.2) is 5.78 Å². The lowest BCUT2D eigenvalue weighted by Crippen LogP contribution is -2.07. The number of carbonyl (C=O) groups is 1. The number of benzene rings is 1. The molecule has 16 heavy (non-hydrogen) atoms. The van der Waals surface area contributed by atoms with Crippen LogP contribution in [-0.2, 0) is 0 Å². The first-order valence-electron chi connectivity index (χ1n) is 5.65. The van der Waals surface area contributed by atoms with Crippen LogP contribution in [0.1, 0.15) is 42.5 Å². The van der Waals surface area contributed by atoms with E-state index in [0.29, 0.717) is 17.4 Å². The minimum Gasteiger partial charge on any atom is -0.294 e. The molecule has 1 fully saturated rings. The van der Waals surface area contributed by atoms with Gasteiger partial charge in [-0.1, -0.05) is 37.3 Å². The summed E-state index contributed by atoms with van der Waals surface area (Å²) in [6, 6.07) is 5.53. The van der Waals surface area contributed by atoms with Gasteiger partial charge in [0, 0.05) is 20.6 Å². The van der Waals surface area contributed by atoms with Crippen molar-refractivity contribution in [3.8, 4) is 0 Å². The third-order valence-electron chi connectivity index (χ3n) is 3.18. The van der Waals surface area contributed by atoms with E-state index in [1.54, 1.807) is 6.07 Å². The molecule has 3 heteroatoms. The van der Waals surface area contributed by atoms with Gasteiger partial charge in [0.2, 0.25) is 0 Å². The van der Waals surface area contributed by atoms with Crippen molar-refractivity contribution < 1.29 is 4.79 Å². The number of Topliss-reactive ketones (excluding diaryl/α,β-unsaturated/α-hetero) is 1. The first-order valence-corrected chi connectivity index (χ1v) is 7.11. The third kappa shape index (κ3) is 2.98. The monoisotopic (exact) mass is 348 g/mol. The molecule has 0 unspecified atom stereocenters. The summed E-state index contributed by atoms with van der Waals surface area (Å²) in [6.07, 6.45) is 5.68. The van der Waals surface area contributed by atoms with Crippen LogP contribution in [0.2, 0.25) is 5.02 Å². The van der Waals surface area contributed by atoms with E-state index >= 15 is 0 Å². The lowest BCUT2D eigenvalue weighted by Gasteiger charge is -2.09. The van der Waals surface area contributed by atoms with Crippen LogP contribution in [0.4, 0.5) is 0 Å². The quantitative estimate of drug-likeness (QED) is 0.571. The van der Waals surface area contributed by atoms with Gasteiger partial charge in [0.05, 0.1) is 0 Å². The molecule has 0 aliphatic heterocycles. The van der Waals surface area contributed by atoms with E-state index in [0.717, 1.165) is 9.13 Å². The van der Waals surface area contributed by atoms with Crippen molar-refractivity contribution in [2.24, 2.45) is 5.92 Å². The standard InChI is InChI=1S/C13H14ClIO/c14-10-5-6-12(15)11(8-10)13(16)7-9-3-1-2-4-9/h5-6,8-9H,1-4,7H2. The molecule has 1 aromatic carbocycles. The van der Waals surface area contributed by atoms with Gasteiger partial charge in [-0.2, -0.15) is 0 Å². The summed E-state index contributed by atoms with van der Waals surface area (Å²) < 4.78 is 1.00. The number of carbonyl (C=O) groups excluding carboxylic acids is 1. The first-order chi connectivity index (χ1) is 7.66. The average Bonchev–Trinajstić information content (AvgIpc) is 2.74. The molecule has 0 saturated heterocycles. The third-order valence-corrected chi connectivity index (χ3v) is 4.35. The van der Waals surface area contributed by atoms with Gasteiger partial charge >= 0.3 is 0 Å². The summed E-state index contributed by atoms with van der Waals surface area (Å²) >= 11 is 8.12. The number of rotatable bonds is 3. The molecule has 1 nitrogen and oxygen atoms in total. The van der Waals surface area contributed by atoms with Gasteiger partial charge in [-0.3, -0.25) is 4.79 Å². The number of hydrogen-bond acceptors (Lipinski definition) is 1. The molecule has 1 aromatic rings. The van der Waals surface area contributed by atoms with Crippen LogP contribution >= 0.6 is 34.2 Å². The maximum absolute atomic E-state index is 12.1. The predicted octanol–water partition coefficient (Wildman–Crippen LogP) is 4.71. The Labute approximate surface area is 115 Å². The molecule has 0 aromatic heterocycles. The average molecular weight is 349 g/mol. The van der Waals surface area contributed by atoms with Crippen LogP contribution < -0.4 is 0 Å². The highest BCUT2D eigenvalue weighted by Gasteiger charge is 2.20. The van der Waals surface area contributed by atoms with Crippen LogP contribution in [-0.4, -0.2) is 5.78 Å². The zero-order chi connectivity index (χ0) is 11.5. The molecule has 86 valence electrons. The minimum absolute atomic E-state index is 0.249. The Morgan fingerprint density at radius 1 is 1.38 bits per heavy atom. The van der Waals surface area contributed by atoms with Crippen LogP contribution in [0, 0.1) is 9.49 Å². The maximum Gasteiger partial charge on any atom is 0.164 e. The van der Waals surface area contributed by atoms with E-state index in [1.807, 2.05) is 12.1 Å². The normalized spacial score (nSPS) is 16.6. The molecule has 0 atom stereocenters. The van der Waals surface area contributed by atoms with E-state index < -0.39 is 0 Å². The van der Waals surface area contributed by atoms with Gasteiger partial charge in [0.25, 0.3) is 0 Å². The second-order valence-corrected chi connectivity index (χ2v) is 6.00. The second-order valence-electron chi connectivity index (χ2n) is 4.40. The molecule has 0 amide bonds. The lowest BCUT2D eigenvalue weighted by atomic mass is 9.97. The molecule has 0 bridgehead atoms. The van der Waals surface area contributed by atoms with Gasteiger partial charge < -0.3 is 0 Å². The number of halogens is 2.